The van der Waals surface area contributed by atoms with Crippen LogP contribution >= 0.6 is 11.3 Å². The molecule has 0 spiro atoms. The molecular weight excluding hydrogens is 259 g/mol. The van der Waals surface area contributed by atoms with Crippen molar-refractivity contribution in [1.82, 2.24) is 5.16 Å². The van der Waals surface area contributed by atoms with Crippen molar-refractivity contribution in [3.8, 4) is 10.6 Å². The minimum Gasteiger partial charge on any atom is -0.477 e. The first-order chi connectivity index (χ1) is 7.91. The number of thiophene rings is 1. The van der Waals surface area contributed by atoms with Crippen LogP contribution in [0.15, 0.2) is 22.0 Å². The van der Waals surface area contributed by atoms with E-state index in [0.29, 0.717) is 4.88 Å². The van der Waals surface area contributed by atoms with E-state index in [1.807, 2.05) is 0 Å². The van der Waals surface area contributed by atoms with Crippen molar-refractivity contribution in [2.24, 2.45) is 0 Å². The molecule has 0 atom stereocenters. The number of aromatic carboxylic acids is 1. The van der Waals surface area contributed by atoms with E-state index in [-0.39, 0.29) is 5.69 Å². The Labute approximate surface area is 96.3 Å². The standard InChI is InChI=1S/C9H4F3NO3S/c10-9(11,12)7-5(8(14)15)6(13-16-7)4-2-1-3-17-4/h1-3H,(H,14,15). The van der Waals surface area contributed by atoms with Crippen molar-refractivity contribution >= 4 is 17.3 Å². The van der Waals surface area contributed by atoms with Crippen LogP contribution in [0, 0.1) is 0 Å². The molecule has 2 rings (SSSR count). The van der Waals surface area contributed by atoms with E-state index >= 15 is 0 Å². The Morgan fingerprint density at radius 3 is 2.65 bits per heavy atom. The van der Waals surface area contributed by atoms with Crippen LogP contribution in [-0.2, 0) is 6.18 Å². The summed E-state index contributed by atoms with van der Waals surface area (Å²) in [5, 5.41) is 13.6. The Balaban J connectivity index is 2.64. The summed E-state index contributed by atoms with van der Waals surface area (Å²) in [7, 11) is 0. The van der Waals surface area contributed by atoms with Gasteiger partial charge in [-0.3, -0.25) is 0 Å². The van der Waals surface area contributed by atoms with Crippen molar-refractivity contribution < 1.29 is 27.6 Å². The Morgan fingerprint density at radius 1 is 1.47 bits per heavy atom. The summed E-state index contributed by atoms with van der Waals surface area (Å²) in [5.74, 6) is -3.31. The van der Waals surface area contributed by atoms with Gasteiger partial charge in [-0.25, -0.2) is 4.79 Å². The summed E-state index contributed by atoms with van der Waals surface area (Å²) in [6.07, 6.45) is -4.88. The molecule has 0 fully saturated rings. The van der Waals surface area contributed by atoms with Crippen molar-refractivity contribution in [1.29, 1.82) is 0 Å². The Hall–Kier alpha value is -1.83. The molecular formula is C9H4F3NO3S. The van der Waals surface area contributed by atoms with Gasteiger partial charge in [0, 0.05) is 0 Å². The third-order valence-corrected chi connectivity index (χ3v) is 2.79. The molecule has 0 saturated carbocycles. The number of carboxylic acid groups (broad SMARTS) is 1. The first-order valence-electron chi connectivity index (χ1n) is 4.25. The fraction of sp³-hybridized carbons (Fsp3) is 0.111. The summed E-state index contributed by atoms with van der Waals surface area (Å²) < 4.78 is 41.5. The average Bonchev–Trinajstić information content (AvgIpc) is 2.84. The highest BCUT2D eigenvalue weighted by atomic mass is 32.1. The molecule has 0 aromatic carbocycles. The van der Waals surface area contributed by atoms with Gasteiger partial charge in [-0.1, -0.05) is 11.2 Å². The first kappa shape index (κ1) is 11.6. The Kier molecular flexibility index (Phi) is 2.66. The van der Waals surface area contributed by atoms with E-state index in [1.165, 1.54) is 6.07 Å². The molecule has 0 bridgehead atoms. The number of rotatable bonds is 2. The van der Waals surface area contributed by atoms with Gasteiger partial charge in [0.1, 0.15) is 11.3 Å². The Bertz CT molecular complexity index is 544. The number of carboxylic acids is 1. The smallest absolute Gasteiger partial charge is 0.453 e. The number of nitrogens with zero attached hydrogens (tertiary/aromatic N) is 1. The SMILES string of the molecule is O=C(O)c1c(-c2cccs2)noc1C(F)(F)F. The van der Waals surface area contributed by atoms with Crippen molar-refractivity contribution in [2.45, 2.75) is 6.18 Å². The summed E-state index contributed by atoms with van der Waals surface area (Å²) in [5.41, 5.74) is -1.26. The molecule has 0 aliphatic rings. The van der Waals surface area contributed by atoms with Crippen LogP contribution in [0.4, 0.5) is 13.2 Å². The molecule has 90 valence electrons. The van der Waals surface area contributed by atoms with Crippen LogP contribution in [0.25, 0.3) is 10.6 Å². The van der Waals surface area contributed by atoms with Gasteiger partial charge >= 0.3 is 12.1 Å². The maximum atomic E-state index is 12.5. The van der Waals surface area contributed by atoms with Crippen LogP contribution in [-0.4, -0.2) is 16.2 Å². The quantitative estimate of drug-likeness (QED) is 0.904. The fourth-order valence-corrected chi connectivity index (χ4v) is 1.98. The number of aromatic nitrogens is 1. The molecule has 4 nitrogen and oxygen atoms in total. The second-order valence-corrected chi connectivity index (χ2v) is 3.96. The number of hydrogen-bond donors (Lipinski definition) is 1. The van der Waals surface area contributed by atoms with Gasteiger partial charge < -0.3 is 9.63 Å². The third kappa shape index (κ3) is 2.03. The molecule has 8 heteroatoms. The number of carbonyl (C=O) groups is 1. The molecule has 0 unspecified atom stereocenters. The van der Waals surface area contributed by atoms with Crippen LogP contribution < -0.4 is 0 Å². The zero-order chi connectivity index (χ0) is 12.6. The monoisotopic (exact) mass is 263 g/mol. The van der Waals surface area contributed by atoms with E-state index in [1.54, 1.807) is 11.4 Å². The van der Waals surface area contributed by atoms with Gasteiger partial charge in [-0.2, -0.15) is 13.2 Å². The maximum Gasteiger partial charge on any atom is 0.453 e. The van der Waals surface area contributed by atoms with Crippen LogP contribution in [0.5, 0.6) is 0 Å². The lowest BCUT2D eigenvalue weighted by Crippen LogP contribution is -2.10. The normalized spacial score (nSPS) is 11.7. The molecule has 1 N–H and O–H groups in total. The lowest BCUT2D eigenvalue weighted by Gasteiger charge is -2.01. The molecule has 0 aliphatic carbocycles. The molecule has 0 aliphatic heterocycles. The van der Waals surface area contributed by atoms with Gasteiger partial charge in [-0.05, 0) is 11.4 Å². The lowest BCUT2D eigenvalue weighted by atomic mass is 10.1. The summed E-state index contributed by atoms with van der Waals surface area (Å²) in [4.78, 5) is 11.2. The number of hydrogen-bond acceptors (Lipinski definition) is 4. The van der Waals surface area contributed by atoms with Gasteiger partial charge in [0.15, 0.2) is 0 Å². The predicted octanol–water partition coefficient (Wildman–Crippen LogP) is 3.12. The fourth-order valence-electron chi connectivity index (χ4n) is 1.26. The summed E-state index contributed by atoms with van der Waals surface area (Å²) >= 11 is 1.08. The third-order valence-electron chi connectivity index (χ3n) is 1.92. The summed E-state index contributed by atoms with van der Waals surface area (Å²) in [6.45, 7) is 0. The molecule has 2 aromatic heterocycles. The van der Waals surface area contributed by atoms with E-state index in [9.17, 15) is 18.0 Å². The van der Waals surface area contributed by atoms with Crippen LogP contribution in [0.2, 0.25) is 0 Å². The Morgan fingerprint density at radius 2 is 2.18 bits per heavy atom. The van der Waals surface area contributed by atoms with Gasteiger partial charge in [0.2, 0.25) is 0 Å². The molecule has 17 heavy (non-hydrogen) atoms. The van der Waals surface area contributed by atoms with Crippen molar-refractivity contribution in [3.05, 3.63) is 28.8 Å². The average molecular weight is 263 g/mol. The second-order valence-electron chi connectivity index (χ2n) is 3.02. The van der Waals surface area contributed by atoms with E-state index in [0.717, 1.165) is 11.3 Å². The van der Waals surface area contributed by atoms with Crippen molar-refractivity contribution in [2.75, 3.05) is 0 Å². The number of halogens is 3. The van der Waals surface area contributed by atoms with Gasteiger partial charge in [0.05, 0.1) is 4.88 Å². The van der Waals surface area contributed by atoms with Crippen molar-refractivity contribution in [3.63, 3.8) is 0 Å². The summed E-state index contributed by atoms with van der Waals surface area (Å²) in [6, 6.07) is 3.04. The second kappa shape index (κ2) is 3.88. The van der Waals surface area contributed by atoms with Crippen LogP contribution in [0.1, 0.15) is 16.1 Å². The van der Waals surface area contributed by atoms with E-state index in [4.69, 9.17) is 5.11 Å². The predicted molar refractivity (Wildman–Crippen MR) is 51.8 cm³/mol. The highest BCUT2D eigenvalue weighted by molar-refractivity contribution is 7.13. The number of alkyl halides is 3. The maximum absolute atomic E-state index is 12.5. The minimum atomic E-state index is -4.88. The molecule has 2 heterocycles. The largest absolute Gasteiger partial charge is 0.477 e. The topological polar surface area (TPSA) is 63.3 Å². The zero-order valence-corrected chi connectivity index (χ0v) is 8.80. The molecule has 0 amide bonds. The van der Waals surface area contributed by atoms with E-state index < -0.39 is 23.5 Å². The minimum absolute atomic E-state index is 0.306. The lowest BCUT2D eigenvalue weighted by molar-refractivity contribution is -0.156. The van der Waals surface area contributed by atoms with Crippen LogP contribution in [0.3, 0.4) is 0 Å². The molecule has 2 aromatic rings. The highest BCUT2D eigenvalue weighted by Crippen LogP contribution is 2.37. The zero-order valence-electron chi connectivity index (χ0n) is 7.99. The molecule has 0 radical (unpaired) electrons. The van der Waals surface area contributed by atoms with Gasteiger partial charge in [0.25, 0.3) is 5.76 Å². The van der Waals surface area contributed by atoms with E-state index in [2.05, 4.69) is 9.68 Å². The molecule has 0 saturated heterocycles. The van der Waals surface area contributed by atoms with Gasteiger partial charge in [-0.15, -0.1) is 11.3 Å². The first-order valence-corrected chi connectivity index (χ1v) is 5.13. The highest BCUT2D eigenvalue weighted by Gasteiger charge is 2.43.